The average molecular weight is 258 g/mol. The average Bonchev–Trinajstić information content (AvgIpc) is 2.43. The predicted octanol–water partition coefficient (Wildman–Crippen LogP) is 4.63. The van der Waals surface area contributed by atoms with Gasteiger partial charge in [0.2, 0.25) is 0 Å². The lowest BCUT2D eigenvalue weighted by Gasteiger charge is -2.29. The molecule has 1 aliphatic carbocycles. The summed E-state index contributed by atoms with van der Waals surface area (Å²) in [4.78, 5) is 12.5. The molecule has 0 amide bonds. The summed E-state index contributed by atoms with van der Waals surface area (Å²) in [7, 11) is 0. The number of benzene rings is 1. The zero-order valence-corrected chi connectivity index (χ0v) is 12.5. The lowest BCUT2D eigenvalue weighted by molar-refractivity contribution is -0.125. The van der Waals surface area contributed by atoms with Crippen LogP contribution in [0.15, 0.2) is 18.2 Å². The summed E-state index contributed by atoms with van der Waals surface area (Å²) in [6.07, 6.45) is 6.69. The minimum atomic E-state index is 0.320. The smallest absolute Gasteiger partial charge is 0.140 e. The van der Waals surface area contributed by atoms with Gasteiger partial charge in [-0.2, -0.15) is 0 Å². The van der Waals surface area contributed by atoms with E-state index in [1.165, 1.54) is 36.0 Å². The van der Waals surface area contributed by atoms with E-state index in [0.717, 1.165) is 12.8 Å². The number of aryl methyl sites for hydroxylation is 2. The van der Waals surface area contributed by atoms with E-state index < -0.39 is 0 Å². The molecule has 0 bridgehead atoms. The third-order valence-corrected chi connectivity index (χ3v) is 4.80. The molecule has 1 nitrogen and oxygen atoms in total. The van der Waals surface area contributed by atoms with Gasteiger partial charge in [-0.15, -0.1) is 0 Å². The fourth-order valence-electron chi connectivity index (χ4n) is 3.37. The molecule has 0 spiro atoms. The molecule has 1 saturated carbocycles. The molecule has 1 fully saturated rings. The molecule has 2 atom stereocenters. The Morgan fingerprint density at radius 3 is 2.58 bits per heavy atom. The largest absolute Gasteiger partial charge is 0.299 e. The van der Waals surface area contributed by atoms with Crippen molar-refractivity contribution < 1.29 is 4.79 Å². The van der Waals surface area contributed by atoms with Crippen LogP contribution in [0.3, 0.4) is 0 Å². The maximum absolute atomic E-state index is 12.5. The van der Waals surface area contributed by atoms with Crippen LogP contribution in [-0.2, 0) is 11.2 Å². The maximum Gasteiger partial charge on any atom is 0.140 e. The van der Waals surface area contributed by atoms with Crippen molar-refractivity contribution in [3.05, 3.63) is 34.9 Å². The van der Waals surface area contributed by atoms with Gasteiger partial charge >= 0.3 is 0 Å². The van der Waals surface area contributed by atoms with Gasteiger partial charge in [-0.1, -0.05) is 44.4 Å². The minimum Gasteiger partial charge on any atom is -0.299 e. The van der Waals surface area contributed by atoms with Crippen LogP contribution in [0.4, 0.5) is 0 Å². The molecule has 2 unspecified atom stereocenters. The number of hydrogen-bond donors (Lipinski definition) is 0. The summed E-state index contributed by atoms with van der Waals surface area (Å²) in [6, 6.07) is 6.43. The molecule has 0 saturated heterocycles. The number of hydrogen-bond acceptors (Lipinski definition) is 1. The Morgan fingerprint density at radius 1 is 1.16 bits per heavy atom. The minimum absolute atomic E-state index is 0.320. The molecule has 1 aromatic rings. The van der Waals surface area contributed by atoms with E-state index in [-0.39, 0.29) is 0 Å². The number of carbonyl (C=O) groups is 1. The van der Waals surface area contributed by atoms with Crippen LogP contribution in [0.25, 0.3) is 0 Å². The van der Waals surface area contributed by atoms with Crippen LogP contribution in [0.1, 0.15) is 55.7 Å². The highest BCUT2D eigenvalue weighted by molar-refractivity contribution is 5.83. The van der Waals surface area contributed by atoms with Crippen molar-refractivity contribution in [2.45, 2.75) is 59.3 Å². The van der Waals surface area contributed by atoms with E-state index in [2.05, 4.69) is 39.0 Å². The number of rotatable bonds is 4. The van der Waals surface area contributed by atoms with E-state index in [1.807, 2.05) is 0 Å². The quantitative estimate of drug-likeness (QED) is 0.769. The Morgan fingerprint density at radius 2 is 1.89 bits per heavy atom. The van der Waals surface area contributed by atoms with Gasteiger partial charge in [0.25, 0.3) is 0 Å². The van der Waals surface area contributed by atoms with Gasteiger partial charge in [0.1, 0.15) is 5.78 Å². The normalized spacial score (nSPS) is 23.3. The van der Waals surface area contributed by atoms with E-state index in [9.17, 15) is 4.79 Å². The van der Waals surface area contributed by atoms with Crippen molar-refractivity contribution in [3.63, 3.8) is 0 Å². The number of Topliss-reactive ketones (excluding diaryl/α,β-unsaturated/α-hetero) is 1. The summed E-state index contributed by atoms with van der Waals surface area (Å²) in [6.45, 7) is 6.47. The Labute approximate surface area is 117 Å². The first-order valence-corrected chi connectivity index (χ1v) is 7.70. The van der Waals surface area contributed by atoms with Crippen molar-refractivity contribution in [1.82, 2.24) is 0 Å². The number of carbonyl (C=O) groups excluding carboxylic acids is 1. The topological polar surface area (TPSA) is 17.1 Å². The molecule has 0 aliphatic heterocycles. The molecule has 104 valence electrons. The molecular formula is C18H26O. The van der Waals surface area contributed by atoms with Crippen LogP contribution < -0.4 is 0 Å². The van der Waals surface area contributed by atoms with Crippen molar-refractivity contribution in [3.8, 4) is 0 Å². The Balaban J connectivity index is 2.05. The van der Waals surface area contributed by atoms with Crippen LogP contribution in [0.2, 0.25) is 0 Å². The highest BCUT2D eigenvalue weighted by Crippen LogP contribution is 2.33. The SMILES string of the molecule is CCC1CCCCC1C(=O)Cc1ccc(C)c(C)c1. The summed E-state index contributed by atoms with van der Waals surface area (Å²) in [5.74, 6) is 1.42. The van der Waals surface area contributed by atoms with Gasteiger partial charge in [-0.05, 0) is 49.3 Å². The number of ketones is 1. The zero-order chi connectivity index (χ0) is 13.8. The Hall–Kier alpha value is -1.11. The molecule has 1 aromatic carbocycles. The monoisotopic (exact) mass is 258 g/mol. The molecule has 0 aromatic heterocycles. The van der Waals surface area contributed by atoms with Gasteiger partial charge in [-0.25, -0.2) is 0 Å². The van der Waals surface area contributed by atoms with Crippen molar-refractivity contribution in [2.75, 3.05) is 0 Å². The van der Waals surface area contributed by atoms with Crippen molar-refractivity contribution in [1.29, 1.82) is 0 Å². The molecule has 2 rings (SSSR count). The first-order valence-electron chi connectivity index (χ1n) is 7.70. The summed E-state index contributed by atoms with van der Waals surface area (Å²) >= 11 is 0. The maximum atomic E-state index is 12.5. The summed E-state index contributed by atoms with van der Waals surface area (Å²) < 4.78 is 0. The Kier molecular flexibility index (Phi) is 4.79. The van der Waals surface area contributed by atoms with Crippen molar-refractivity contribution in [2.24, 2.45) is 11.8 Å². The standard InChI is InChI=1S/C18H26O/c1-4-16-7-5-6-8-17(16)18(19)12-15-10-9-13(2)14(3)11-15/h9-11,16-17H,4-8,12H2,1-3H3. The summed E-state index contributed by atoms with van der Waals surface area (Å²) in [5, 5.41) is 0. The van der Waals surface area contributed by atoms with Gasteiger partial charge in [-0.3, -0.25) is 4.79 Å². The lowest BCUT2D eigenvalue weighted by Crippen LogP contribution is -2.28. The third kappa shape index (κ3) is 3.46. The first-order chi connectivity index (χ1) is 9.11. The van der Waals surface area contributed by atoms with Crippen LogP contribution in [0, 0.1) is 25.7 Å². The molecule has 0 N–H and O–H groups in total. The second-order valence-corrected chi connectivity index (χ2v) is 6.12. The molecule has 1 heteroatoms. The third-order valence-electron chi connectivity index (χ3n) is 4.80. The fourth-order valence-corrected chi connectivity index (χ4v) is 3.37. The van der Waals surface area contributed by atoms with E-state index in [1.54, 1.807) is 0 Å². The van der Waals surface area contributed by atoms with Gasteiger partial charge < -0.3 is 0 Å². The highest BCUT2D eigenvalue weighted by atomic mass is 16.1. The van der Waals surface area contributed by atoms with E-state index in [0.29, 0.717) is 24.0 Å². The molecule has 0 heterocycles. The Bertz CT molecular complexity index is 447. The van der Waals surface area contributed by atoms with E-state index in [4.69, 9.17) is 0 Å². The second kappa shape index (κ2) is 6.36. The molecule has 19 heavy (non-hydrogen) atoms. The zero-order valence-electron chi connectivity index (χ0n) is 12.5. The molecule has 0 radical (unpaired) electrons. The van der Waals surface area contributed by atoms with Gasteiger partial charge in [0.15, 0.2) is 0 Å². The van der Waals surface area contributed by atoms with E-state index >= 15 is 0 Å². The van der Waals surface area contributed by atoms with Gasteiger partial charge in [0, 0.05) is 12.3 Å². The lowest BCUT2D eigenvalue weighted by atomic mass is 9.74. The van der Waals surface area contributed by atoms with Crippen LogP contribution >= 0.6 is 0 Å². The van der Waals surface area contributed by atoms with Gasteiger partial charge in [0.05, 0.1) is 0 Å². The first kappa shape index (κ1) is 14.3. The fraction of sp³-hybridized carbons (Fsp3) is 0.611. The summed E-state index contributed by atoms with van der Waals surface area (Å²) in [5.41, 5.74) is 3.79. The molecule has 1 aliphatic rings. The van der Waals surface area contributed by atoms with Crippen LogP contribution in [0.5, 0.6) is 0 Å². The second-order valence-electron chi connectivity index (χ2n) is 6.12. The van der Waals surface area contributed by atoms with Crippen LogP contribution in [-0.4, -0.2) is 5.78 Å². The predicted molar refractivity (Wildman–Crippen MR) is 80.4 cm³/mol. The molecular weight excluding hydrogens is 232 g/mol. The van der Waals surface area contributed by atoms with Crippen molar-refractivity contribution >= 4 is 5.78 Å². The highest BCUT2D eigenvalue weighted by Gasteiger charge is 2.29.